The van der Waals surface area contributed by atoms with Gasteiger partial charge in [0.25, 0.3) is 0 Å². The summed E-state index contributed by atoms with van der Waals surface area (Å²) in [6, 6.07) is 17.2. The van der Waals surface area contributed by atoms with E-state index in [1.165, 1.54) is 0 Å². The molecule has 0 saturated heterocycles. The van der Waals surface area contributed by atoms with Gasteiger partial charge in [-0.2, -0.15) is 0 Å². The van der Waals surface area contributed by atoms with Crippen molar-refractivity contribution in [2.75, 3.05) is 26.0 Å². The van der Waals surface area contributed by atoms with Crippen molar-refractivity contribution in [1.29, 1.82) is 0 Å². The highest BCUT2D eigenvalue weighted by Crippen LogP contribution is 2.22. The number of likely N-dealkylation sites (N-methyl/N-ethyl adjacent to an activating group) is 1. The molecule has 2 N–H and O–H groups in total. The second-order valence-electron chi connectivity index (χ2n) is 6.49. The van der Waals surface area contributed by atoms with Gasteiger partial charge < -0.3 is 15.1 Å². The molecule has 0 spiro atoms. The fourth-order valence-electron chi connectivity index (χ4n) is 2.71. The maximum Gasteiger partial charge on any atom is 0.319 e. The Labute approximate surface area is 169 Å². The van der Waals surface area contributed by atoms with Crippen LogP contribution in [0.15, 0.2) is 76.5 Å². The molecule has 2 aromatic heterocycles. The molecule has 7 heteroatoms. The molecule has 0 saturated carbocycles. The summed E-state index contributed by atoms with van der Waals surface area (Å²) in [5, 5.41) is 6.79. The lowest BCUT2D eigenvalue weighted by molar-refractivity contribution is 0.233. The molecule has 3 aromatic rings. The average Bonchev–Trinajstić information content (AvgIpc) is 3.22. The summed E-state index contributed by atoms with van der Waals surface area (Å²) in [5.41, 5.74) is 1.88. The number of nitrogens with one attached hydrogen (secondary N) is 2. The van der Waals surface area contributed by atoms with Crippen LogP contribution in [0.4, 0.5) is 10.5 Å². The van der Waals surface area contributed by atoms with Gasteiger partial charge in [-0.05, 0) is 56.1 Å². The SMILES string of the molecule is CN(C)C(CNC(=O)Nc1cccc(CSc2ccccn2)c1)c1ccco1. The summed E-state index contributed by atoms with van der Waals surface area (Å²) in [6.07, 6.45) is 3.43. The van der Waals surface area contributed by atoms with E-state index in [4.69, 9.17) is 4.42 Å². The third-order valence-corrected chi connectivity index (χ3v) is 5.18. The van der Waals surface area contributed by atoms with Crippen LogP contribution in [0.3, 0.4) is 0 Å². The number of thioether (sulfide) groups is 1. The molecule has 2 heterocycles. The molecule has 0 bridgehead atoms. The molecule has 0 radical (unpaired) electrons. The van der Waals surface area contributed by atoms with Crippen LogP contribution in [0.5, 0.6) is 0 Å². The zero-order chi connectivity index (χ0) is 19.8. The first kappa shape index (κ1) is 20.0. The number of hydrogen-bond donors (Lipinski definition) is 2. The summed E-state index contributed by atoms with van der Waals surface area (Å²) >= 11 is 1.66. The van der Waals surface area contributed by atoms with Crippen molar-refractivity contribution in [2.24, 2.45) is 0 Å². The van der Waals surface area contributed by atoms with E-state index < -0.39 is 0 Å². The highest BCUT2D eigenvalue weighted by Gasteiger charge is 2.17. The molecule has 1 unspecified atom stereocenters. The molecule has 146 valence electrons. The maximum absolute atomic E-state index is 12.3. The predicted octanol–water partition coefficient (Wildman–Crippen LogP) is 4.39. The number of furan rings is 1. The fraction of sp³-hybridized carbons (Fsp3) is 0.238. The molecule has 3 rings (SSSR count). The number of anilines is 1. The molecule has 0 aliphatic carbocycles. The first-order chi connectivity index (χ1) is 13.6. The van der Waals surface area contributed by atoms with Crippen LogP contribution >= 0.6 is 11.8 Å². The smallest absolute Gasteiger partial charge is 0.319 e. The molecular formula is C21H24N4O2S. The van der Waals surface area contributed by atoms with Gasteiger partial charge >= 0.3 is 6.03 Å². The van der Waals surface area contributed by atoms with Gasteiger partial charge in [0, 0.05) is 24.2 Å². The van der Waals surface area contributed by atoms with E-state index in [-0.39, 0.29) is 12.1 Å². The van der Waals surface area contributed by atoms with Crippen LogP contribution in [-0.2, 0) is 5.75 Å². The van der Waals surface area contributed by atoms with E-state index in [2.05, 4.69) is 15.6 Å². The van der Waals surface area contributed by atoms with Crippen molar-refractivity contribution < 1.29 is 9.21 Å². The number of urea groups is 1. The molecule has 1 atom stereocenters. The van der Waals surface area contributed by atoms with Crippen molar-refractivity contribution in [1.82, 2.24) is 15.2 Å². The zero-order valence-electron chi connectivity index (χ0n) is 16.0. The van der Waals surface area contributed by atoms with Crippen LogP contribution in [0.25, 0.3) is 0 Å². The largest absolute Gasteiger partial charge is 0.468 e. The minimum absolute atomic E-state index is 0.0261. The van der Waals surface area contributed by atoms with Crippen LogP contribution in [0, 0.1) is 0 Å². The van der Waals surface area contributed by atoms with Crippen molar-refractivity contribution in [3.8, 4) is 0 Å². The first-order valence-electron chi connectivity index (χ1n) is 8.99. The van der Waals surface area contributed by atoms with Gasteiger partial charge in [-0.3, -0.25) is 4.90 Å². The summed E-state index contributed by atoms with van der Waals surface area (Å²) in [4.78, 5) is 18.6. The number of carbonyl (C=O) groups is 1. The Morgan fingerprint density at radius 1 is 1.18 bits per heavy atom. The Morgan fingerprint density at radius 3 is 2.79 bits per heavy atom. The van der Waals surface area contributed by atoms with Gasteiger partial charge in [-0.15, -0.1) is 11.8 Å². The van der Waals surface area contributed by atoms with Crippen molar-refractivity contribution in [3.05, 3.63) is 78.4 Å². The summed E-state index contributed by atoms with van der Waals surface area (Å²) in [6.45, 7) is 0.446. The number of pyridine rings is 1. The number of nitrogens with zero attached hydrogens (tertiary/aromatic N) is 2. The summed E-state index contributed by atoms with van der Waals surface area (Å²) in [7, 11) is 3.91. The quantitative estimate of drug-likeness (QED) is 0.553. The van der Waals surface area contributed by atoms with Crippen molar-refractivity contribution in [2.45, 2.75) is 16.8 Å². The molecule has 0 aliphatic rings. The molecule has 6 nitrogen and oxygen atoms in total. The number of benzene rings is 1. The Bertz CT molecular complexity index is 869. The molecular weight excluding hydrogens is 372 g/mol. The second kappa shape index (κ2) is 9.96. The van der Waals surface area contributed by atoms with Gasteiger partial charge in [0.05, 0.1) is 17.3 Å². The number of amides is 2. The Morgan fingerprint density at radius 2 is 2.07 bits per heavy atom. The fourth-order valence-corrected chi connectivity index (χ4v) is 3.52. The molecule has 0 fully saturated rings. The first-order valence-corrected chi connectivity index (χ1v) is 9.98. The van der Waals surface area contributed by atoms with E-state index in [0.29, 0.717) is 6.54 Å². The van der Waals surface area contributed by atoms with E-state index in [9.17, 15) is 4.79 Å². The van der Waals surface area contributed by atoms with E-state index in [0.717, 1.165) is 27.8 Å². The lowest BCUT2D eigenvalue weighted by Gasteiger charge is -2.22. The van der Waals surface area contributed by atoms with Gasteiger partial charge in [0.1, 0.15) is 5.76 Å². The molecule has 1 aromatic carbocycles. The lowest BCUT2D eigenvalue weighted by Crippen LogP contribution is -2.36. The molecule has 0 aliphatic heterocycles. The third kappa shape index (κ3) is 5.87. The van der Waals surface area contributed by atoms with Crippen LogP contribution in [0.2, 0.25) is 0 Å². The minimum Gasteiger partial charge on any atom is -0.468 e. The van der Waals surface area contributed by atoms with Crippen molar-refractivity contribution >= 4 is 23.5 Å². The van der Waals surface area contributed by atoms with Gasteiger partial charge in [0.15, 0.2) is 0 Å². The summed E-state index contributed by atoms with van der Waals surface area (Å²) < 4.78 is 5.47. The normalized spacial score (nSPS) is 12.0. The van der Waals surface area contributed by atoms with E-state index >= 15 is 0 Å². The Hall–Kier alpha value is -2.77. The molecule has 2 amide bonds. The number of hydrogen-bond acceptors (Lipinski definition) is 5. The van der Waals surface area contributed by atoms with Crippen LogP contribution in [0.1, 0.15) is 17.4 Å². The molecule has 28 heavy (non-hydrogen) atoms. The highest BCUT2D eigenvalue weighted by atomic mass is 32.2. The zero-order valence-corrected chi connectivity index (χ0v) is 16.8. The lowest BCUT2D eigenvalue weighted by atomic mass is 10.2. The second-order valence-corrected chi connectivity index (χ2v) is 7.48. The Kier molecular flexibility index (Phi) is 7.11. The van der Waals surface area contributed by atoms with Gasteiger partial charge in [-0.25, -0.2) is 9.78 Å². The average molecular weight is 397 g/mol. The van der Waals surface area contributed by atoms with E-state index in [1.54, 1.807) is 24.2 Å². The number of aromatic nitrogens is 1. The van der Waals surface area contributed by atoms with Crippen LogP contribution in [-0.4, -0.2) is 36.6 Å². The van der Waals surface area contributed by atoms with Gasteiger partial charge in [-0.1, -0.05) is 18.2 Å². The highest BCUT2D eigenvalue weighted by molar-refractivity contribution is 7.98. The topological polar surface area (TPSA) is 70.4 Å². The van der Waals surface area contributed by atoms with Gasteiger partial charge in [0.2, 0.25) is 0 Å². The monoisotopic (exact) mass is 396 g/mol. The minimum atomic E-state index is -0.243. The number of rotatable bonds is 8. The van der Waals surface area contributed by atoms with Crippen molar-refractivity contribution in [3.63, 3.8) is 0 Å². The third-order valence-electron chi connectivity index (χ3n) is 4.16. The van der Waals surface area contributed by atoms with Crippen LogP contribution < -0.4 is 10.6 Å². The standard InChI is InChI=1S/C21H24N4O2S/c1-25(2)18(19-9-6-12-27-19)14-23-21(26)24-17-8-5-7-16(13-17)15-28-20-10-3-4-11-22-20/h3-13,18H,14-15H2,1-2H3,(H2,23,24,26). The number of carbonyl (C=O) groups excluding carboxylic acids is 1. The van der Waals surface area contributed by atoms with E-state index in [1.807, 2.05) is 73.6 Å². The summed E-state index contributed by atoms with van der Waals surface area (Å²) in [5.74, 6) is 1.61. The Balaban J connectivity index is 1.52. The predicted molar refractivity (Wildman–Crippen MR) is 112 cm³/mol. The maximum atomic E-state index is 12.3.